The van der Waals surface area contributed by atoms with Crippen LogP contribution in [0.1, 0.15) is 16.2 Å². The number of pyridine rings is 1. The van der Waals surface area contributed by atoms with Crippen molar-refractivity contribution in [1.29, 1.82) is 0 Å². The van der Waals surface area contributed by atoms with Gasteiger partial charge < -0.3 is 14.8 Å². The first-order valence-electron chi connectivity index (χ1n) is 7.53. The smallest absolute Gasteiger partial charge is 0.355 e. The lowest BCUT2D eigenvalue weighted by molar-refractivity contribution is 0.0462. The number of ether oxygens (including phenoxy) is 1. The third kappa shape index (κ3) is 2.56. The zero-order valence-electron chi connectivity index (χ0n) is 12.7. The highest BCUT2D eigenvalue weighted by molar-refractivity contribution is 5.94. The van der Waals surface area contributed by atoms with Crippen LogP contribution < -0.4 is 0 Å². The third-order valence-corrected chi connectivity index (χ3v) is 3.86. The summed E-state index contributed by atoms with van der Waals surface area (Å²) in [7, 11) is 0. The first-order valence-corrected chi connectivity index (χ1v) is 7.53. The molecule has 2 aromatic heterocycles. The summed E-state index contributed by atoms with van der Waals surface area (Å²) < 4.78 is 5.32. The first kappa shape index (κ1) is 14.3. The van der Waals surface area contributed by atoms with Gasteiger partial charge in [-0.3, -0.25) is 0 Å². The molecule has 5 nitrogen and oxygen atoms in total. The van der Waals surface area contributed by atoms with E-state index in [1.54, 1.807) is 24.3 Å². The second kappa shape index (κ2) is 5.70. The van der Waals surface area contributed by atoms with E-state index in [0.29, 0.717) is 16.9 Å². The van der Waals surface area contributed by atoms with E-state index in [4.69, 9.17) is 4.74 Å². The number of aromatic nitrogens is 2. The topological polar surface area (TPSA) is 75.2 Å². The molecule has 0 fully saturated rings. The number of carbonyl (C=O) groups excluding carboxylic acids is 1. The van der Waals surface area contributed by atoms with Crippen LogP contribution in [0.15, 0.2) is 60.7 Å². The number of phenolic OH excluding ortho intramolecular Hbond substituents is 1. The SMILES string of the molecule is O=C(OCc1ccc2cccc(O)c2n1)c1cc2ccccc2[nH]1. The molecule has 4 aromatic rings. The molecule has 2 heterocycles. The molecule has 2 aromatic carbocycles. The second-order valence-corrected chi connectivity index (χ2v) is 5.50. The molecule has 0 atom stereocenters. The third-order valence-electron chi connectivity index (χ3n) is 3.86. The van der Waals surface area contributed by atoms with Crippen LogP contribution in [0.4, 0.5) is 0 Å². The van der Waals surface area contributed by atoms with Crippen LogP contribution in [0, 0.1) is 0 Å². The lowest BCUT2D eigenvalue weighted by Gasteiger charge is -2.05. The van der Waals surface area contributed by atoms with Crippen molar-refractivity contribution < 1.29 is 14.6 Å². The van der Waals surface area contributed by atoms with Crippen molar-refractivity contribution in [3.05, 3.63) is 72.1 Å². The number of carbonyl (C=O) groups is 1. The van der Waals surface area contributed by atoms with Gasteiger partial charge in [-0.05, 0) is 24.3 Å². The van der Waals surface area contributed by atoms with Gasteiger partial charge in [0.15, 0.2) is 0 Å². The van der Waals surface area contributed by atoms with Gasteiger partial charge in [0.2, 0.25) is 0 Å². The standard InChI is InChI=1S/C19H14N2O3/c22-17-7-3-5-12-8-9-14(20-18(12)17)11-24-19(23)16-10-13-4-1-2-6-15(13)21-16/h1-10,21-22H,11H2. The Morgan fingerprint density at radius 3 is 2.75 bits per heavy atom. The number of esters is 1. The van der Waals surface area contributed by atoms with Gasteiger partial charge in [-0.1, -0.05) is 36.4 Å². The lowest BCUT2D eigenvalue weighted by Crippen LogP contribution is -2.06. The highest BCUT2D eigenvalue weighted by atomic mass is 16.5. The minimum Gasteiger partial charge on any atom is -0.506 e. The molecule has 0 aliphatic rings. The van der Waals surface area contributed by atoms with E-state index >= 15 is 0 Å². The van der Waals surface area contributed by atoms with Crippen LogP contribution in [-0.2, 0) is 11.3 Å². The summed E-state index contributed by atoms with van der Waals surface area (Å²) in [5, 5.41) is 11.6. The quantitative estimate of drug-likeness (QED) is 0.564. The summed E-state index contributed by atoms with van der Waals surface area (Å²) in [6.45, 7) is 0.0402. The fraction of sp³-hybridized carbons (Fsp3) is 0.0526. The molecule has 0 aliphatic heterocycles. The predicted molar refractivity (Wildman–Crippen MR) is 90.8 cm³/mol. The van der Waals surface area contributed by atoms with Crippen molar-refractivity contribution in [2.75, 3.05) is 0 Å². The van der Waals surface area contributed by atoms with Crippen molar-refractivity contribution in [1.82, 2.24) is 9.97 Å². The number of fused-ring (bicyclic) bond motifs is 2. The van der Waals surface area contributed by atoms with Crippen molar-refractivity contribution in [2.24, 2.45) is 0 Å². The number of H-pyrrole nitrogens is 1. The summed E-state index contributed by atoms with van der Waals surface area (Å²) in [5.41, 5.74) is 2.36. The van der Waals surface area contributed by atoms with Crippen molar-refractivity contribution in [3.63, 3.8) is 0 Å². The van der Waals surface area contributed by atoms with Gasteiger partial charge >= 0.3 is 5.97 Å². The van der Waals surface area contributed by atoms with Gasteiger partial charge in [-0.2, -0.15) is 0 Å². The van der Waals surface area contributed by atoms with E-state index in [1.807, 2.05) is 36.4 Å². The number of rotatable bonds is 3. The molecule has 5 heteroatoms. The second-order valence-electron chi connectivity index (χ2n) is 5.50. The molecule has 0 aliphatic carbocycles. The summed E-state index contributed by atoms with van der Waals surface area (Å²) in [6, 6.07) is 18.2. The van der Waals surface area contributed by atoms with Gasteiger partial charge in [0.25, 0.3) is 0 Å². The van der Waals surface area contributed by atoms with Gasteiger partial charge in [0, 0.05) is 16.3 Å². The number of hydrogen-bond acceptors (Lipinski definition) is 4. The number of benzene rings is 2. The van der Waals surface area contributed by atoms with E-state index in [-0.39, 0.29) is 12.4 Å². The summed E-state index contributed by atoms with van der Waals surface area (Å²) in [4.78, 5) is 19.6. The summed E-state index contributed by atoms with van der Waals surface area (Å²) in [6.07, 6.45) is 0. The van der Waals surface area contributed by atoms with Crippen molar-refractivity contribution in [3.8, 4) is 5.75 Å². The van der Waals surface area contributed by atoms with Crippen LogP contribution >= 0.6 is 0 Å². The predicted octanol–water partition coefficient (Wildman–Crippen LogP) is 3.78. The molecule has 0 unspecified atom stereocenters. The molecule has 0 amide bonds. The van der Waals surface area contributed by atoms with Crippen LogP contribution in [0.2, 0.25) is 0 Å². The molecular weight excluding hydrogens is 304 g/mol. The Morgan fingerprint density at radius 2 is 1.88 bits per heavy atom. The van der Waals surface area contributed by atoms with Gasteiger partial charge in [0.1, 0.15) is 23.6 Å². The maximum Gasteiger partial charge on any atom is 0.355 e. The van der Waals surface area contributed by atoms with Gasteiger partial charge in [-0.15, -0.1) is 0 Å². The van der Waals surface area contributed by atoms with E-state index in [2.05, 4.69) is 9.97 Å². The molecule has 0 bridgehead atoms. The fourth-order valence-corrected chi connectivity index (χ4v) is 2.65. The van der Waals surface area contributed by atoms with E-state index in [1.165, 1.54) is 0 Å². The van der Waals surface area contributed by atoms with Crippen LogP contribution in [0.25, 0.3) is 21.8 Å². The Labute approximate surface area is 137 Å². The zero-order chi connectivity index (χ0) is 16.5. The summed E-state index contributed by atoms with van der Waals surface area (Å²) >= 11 is 0. The monoisotopic (exact) mass is 318 g/mol. The van der Waals surface area contributed by atoms with Gasteiger partial charge in [0.05, 0.1) is 5.69 Å². The number of nitrogens with one attached hydrogen (secondary N) is 1. The normalized spacial score (nSPS) is 11.0. The largest absolute Gasteiger partial charge is 0.506 e. The Kier molecular flexibility index (Phi) is 3.39. The highest BCUT2D eigenvalue weighted by Gasteiger charge is 2.12. The van der Waals surface area contributed by atoms with E-state index in [9.17, 15) is 9.90 Å². The minimum atomic E-state index is -0.439. The maximum atomic E-state index is 12.2. The van der Waals surface area contributed by atoms with Crippen LogP contribution in [0.3, 0.4) is 0 Å². The van der Waals surface area contributed by atoms with Crippen molar-refractivity contribution in [2.45, 2.75) is 6.61 Å². The van der Waals surface area contributed by atoms with Crippen LogP contribution in [-0.4, -0.2) is 21.0 Å². The molecule has 0 saturated carbocycles. The number of para-hydroxylation sites is 2. The molecule has 4 rings (SSSR count). The minimum absolute atomic E-state index is 0.0402. The molecule has 2 N–H and O–H groups in total. The molecule has 0 radical (unpaired) electrons. The molecule has 118 valence electrons. The van der Waals surface area contributed by atoms with E-state index in [0.717, 1.165) is 16.3 Å². The Balaban J connectivity index is 1.53. The highest BCUT2D eigenvalue weighted by Crippen LogP contribution is 2.22. The number of aromatic amines is 1. The molecule has 0 spiro atoms. The number of nitrogens with zero attached hydrogens (tertiary/aromatic N) is 1. The lowest BCUT2D eigenvalue weighted by atomic mass is 10.2. The average Bonchev–Trinajstić information content (AvgIpc) is 3.04. The first-order chi connectivity index (χ1) is 11.7. The molecule has 24 heavy (non-hydrogen) atoms. The maximum absolute atomic E-state index is 12.2. The summed E-state index contributed by atoms with van der Waals surface area (Å²) in [5.74, 6) is -0.332. The van der Waals surface area contributed by atoms with E-state index < -0.39 is 5.97 Å². The number of hydrogen-bond donors (Lipinski definition) is 2. The zero-order valence-corrected chi connectivity index (χ0v) is 12.7. The average molecular weight is 318 g/mol. The molecule has 0 saturated heterocycles. The van der Waals surface area contributed by atoms with Crippen molar-refractivity contribution >= 4 is 27.8 Å². The number of phenols is 1. The number of aromatic hydroxyl groups is 1. The molecular formula is C19H14N2O3. The fourth-order valence-electron chi connectivity index (χ4n) is 2.65. The Morgan fingerprint density at radius 1 is 1.04 bits per heavy atom. The Hall–Kier alpha value is -3.34. The Bertz CT molecular complexity index is 1020. The van der Waals surface area contributed by atoms with Gasteiger partial charge in [-0.25, -0.2) is 9.78 Å². The van der Waals surface area contributed by atoms with Crippen LogP contribution in [0.5, 0.6) is 5.75 Å².